The quantitative estimate of drug-likeness (QED) is 0.115. The number of amides is 11. The largest absolute Gasteiger partial charge is 0.390 e. The van der Waals surface area contributed by atoms with E-state index in [-0.39, 0.29) is 62.4 Å². The molecule has 2 aliphatic rings. The Kier molecular flexibility index (Phi) is 32.6. The standard InChI is InChI=1S/C68H122N12O13/c1-27-29-30-44(15)55(81)54-59(85)71-47(28-2)61(87)80(26)67(93-37-68(31-32-68)73(18)19)66(92)75(21)49(34-39(5)6)58(84)72-52(42(11)12)64(90)74(20)48(33-38(3)4)57(83)69-45(16)56(82)70-46(17)60(86)76(22)50(35-40(7)8)62(88)77(23)51(36-41(9)10)63(89)78(24)53(43(13)14)65(91)79(54)25/h27,29,38-55,67,81H,28,30-37H2,1-26H3,(H,69,83)(H,70,82)(H,71,85)(H,72,84)/b29-27+/t44-,45+,46-,47+,48+,49+,50+,51+,52+,53+,54?,55-,67-/m1/s1. The van der Waals surface area contributed by atoms with Gasteiger partial charge in [-0.3, -0.25) is 52.7 Å². The lowest BCUT2D eigenvalue weighted by molar-refractivity contribution is -0.170. The highest BCUT2D eigenvalue weighted by Crippen LogP contribution is 2.40. The van der Waals surface area contributed by atoms with E-state index < -0.39 is 161 Å². The van der Waals surface area contributed by atoms with Gasteiger partial charge in [-0.2, -0.15) is 0 Å². The molecule has 13 atom stereocenters. The molecule has 1 unspecified atom stereocenters. The fourth-order valence-electron chi connectivity index (χ4n) is 12.0. The van der Waals surface area contributed by atoms with Crippen LogP contribution in [0.2, 0.25) is 0 Å². The fraction of sp³-hybridized carbons (Fsp3) is 0.809. The lowest BCUT2D eigenvalue weighted by Gasteiger charge is -2.41. The van der Waals surface area contributed by atoms with Crippen LogP contribution in [0.1, 0.15) is 169 Å². The molecule has 5 N–H and O–H groups in total. The summed E-state index contributed by atoms with van der Waals surface area (Å²) in [7, 11) is 13.7. The van der Waals surface area contributed by atoms with Crippen molar-refractivity contribution in [3.05, 3.63) is 12.2 Å². The number of rotatable bonds is 19. The highest BCUT2D eigenvalue weighted by molar-refractivity contribution is 6.00. The van der Waals surface area contributed by atoms with Crippen molar-refractivity contribution in [1.82, 2.24) is 60.5 Å². The predicted molar refractivity (Wildman–Crippen MR) is 359 cm³/mol. The van der Waals surface area contributed by atoms with E-state index in [0.29, 0.717) is 6.42 Å². The SMILES string of the molecule is C/C=C/C[C@@H](C)[C@@H](O)C1C(=O)N[C@@H](CC)C(=O)N(C)[C@H](OCC2(N(C)C)CC2)C(=O)N(C)[C@@H](CC(C)C)C(=O)N[C@@H](C(C)C)C(=O)N(C)[C@@H](CC(C)C)C(=O)N[C@@H](C)C(=O)N[C@H](C)C(=O)N(C)[C@@H](CC(C)C)C(=O)N(C)[C@@H](CC(C)C)C(=O)N(C)[C@@H](C(C)C)C(=O)N1C. The Balaban J connectivity index is 3.12. The third kappa shape index (κ3) is 22.2. The first-order chi connectivity index (χ1) is 43.0. The van der Waals surface area contributed by atoms with Gasteiger partial charge in [-0.15, -0.1) is 0 Å². The highest BCUT2D eigenvalue weighted by Gasteiger charge is 2.49. The number of nitrogens with zero attached hydrogens (tertiary/aromatic N) is 8. The summed E-state index contributed by atoms with van der Waals surface area (Å²) in [6.07, 6.45) is 2.61. The number of allylic oxidation sites excluding steroid dienone is 2. The second kappa shape index (κ2) is 36.6. The number of hydrogen-bond acceptors (Lipinski definition) is 14. The summed E-state index contributed by atoms with van der Waals surface area (Å²) in [6.45, 7) is 29.9. The monoisotopic (exact) mass is 1310 g/mol. The number of carbonyl (C=O) groups is 11. The summed E-state index contributed by atoms with van der Waals surface area (Å²) >= 11 is 0. The van der Waals surface area contributed by atoms with Gasteiger partial charge < -0.3 is 70.3 Å². The van der Waals surface area contributed by atoms with Gasteiger partial charge in [0.05, 0.1) is 12.7 Å². The summed E-state index contributed by atoms with van der Waals surface area (Å²) < 4.78 is 6.51. The predicted octanol–water partition coefficient (Wildman–Crippen LogP) is 3.71. The third-order valence-electron chi connectivity index (χ3n) is 18.5. The molecule has 0 aromatic heterocycles. The van der Waals surface area contributed by atoms with Crippen molar-refractivity contribution in [2.45, 2.75) is 247 Å². The average Bonchev–Trinajstić information content (AvgIpc) is 1.78. The Morgan fingerprint density at radius 3 is 1.34 bits per heavy atom. The molecule has 1 heterocycles. The first-order valence-corrected chi connectivity index (χ1v) is 33.6. The van der Waals surface area contributed by atoms with Gasteiger partial charge in [0.25, 0.3) is 5.91 Å². The molecule has 1 aliphatic carbocycles. The molecule has 93 heavy (non-hydrogen) atoms. The van der Waals surface area contributed by atoms with Gasteiger partial charge in [-0.05, 0) is 128 Å². The molecule has 2 fully saturated rings. The van der Waals surface area contributed by atoms with E-state index in [1.165, 1.54) is 87.7 Å². The molecular weight excluding hydrogens is 1190 g/mol. The molecule has 1 aliphatic heterocycles. The summed E-state index contributed by atoms with van der Waals surface area (Å²) in [4.78, 5) is 174. The van der Waals surface area contributed by atoms with Crippen LogP contribution < -0.4 is 21.3 Å². The number of likely N-dealkylation sites (N-methyl/N-ethyl adjacent to an activating group) is 8. The van der Waals surface area contributed by atoms with Crippen LogP contribution in [-0.4, -0.2) is 258 Å². The van der Waals surface area contributed by atoms with Gasteiger partial charge in [0.1, 0.15) is 60.4 Å². The van der Waals surface area contributed by atoms with Crippen molar-refractivity contribution >= 4 is 65.0 Å². The maximum absolute atomic E-state index is 15.4. The van der Waals surface area contributed by atoms with Gasteiger partial charge in [-0.1, -0.05) is 109 Å². The summed E-state index contributed by atoms with van der Waals surface area (Å²) in [5, 5.41) is 23.4. The van der Waals surface area contributed by atoms with Crippen LogP contribution >= 0.6 is 0 Å². The van der Waals surface area contributed by atoms with Gasteiger partial charge in [0.15, 0.2) is 0 Å². The van der Waals surface area contributed by atoms with Crippen LogP contribution in [0.15, 0.2) is 12.2 Å². The zero-order valence-electron chi connectivity index (χ0n) is 61.4. The Morgan fingerprint density at radius 1 is 0.495 bits per heavy atom. The molecule has 0 aromatic carbocycles. The Hall–Kier alpha value is -6.21. The Morgan fingerprint density at radius 2 is 0.914 bits per heavy atom. The van der Waals surface area contributed by atoms with Gasteiger partial charge in [0, 0.05) is 54.9 Å². The third-order valence-corrected chi connectivity index (χ3v) is 18.5. The minimum Gasteiger partial charge on any atom is -0.390 e. The van der Waals surface area contributed by atoms with Crippen LogP contribution in [0.3, 0.4) is 0 Å². The van der Waals surface area contributed by atoms with Gasteiger partial charge in [0.2, 0.25) is 65.3 Å². The van der Waals surface area contributed by atoms with E-state index in [1.807, 2.05) is 80.5 Å². The van der Waals surface area contributed by atoms with Crippen LogP contribution in [0, 0.1) is 41.4 Å². The molecule has 1 saturated heterocycles. The number of carbonyl (C=O) groups excluding carboxylic acids is 11. The zero-order chi connectivity index (χ0) is 71.8. The molecule has 0 bridgehead atoms. The lowest BCUT2D eigenvalue weighted by atomic mass is 9.91. The van der Waals surface area contributed by atoms with Gasteiger partial charge in [-0.25, -0.2) is 0 Å². The van der Waals surface area contributed by atoms with Crippen LogP contribution in [0.4, 0.5) is 0 Å². The number of aliphatic hydroxyl groups is 1. The minimum absolute atomic E-state index is 0.00423. The van der Waals surface area contributed by atoms with E-state index >= 15 is 28.8 Å². The van der Waals surface area contributed by atoms with Crippen molar-refractivity contribution in [1.29, 1.82) is 0 Å². The second-order valence-corrected chi connectivity index (χ2v) is 29.1. The summed E-state index contributed by atoms with van der Waals surface area (Å²) in [6, 6.07) is -12.8. The topological polar surface area (TPSA) is 291 Å². The van der Waals surface area contributed by atoms with Gasteiger partial charge >= 0.3 is 0 Å². The Labute approximate surface area is 556 Å². The van der Waals surface area contributed by atoms with E-state index in [0.717, 1.165) is 22.6 Å². The molecule has 2 rings (SSSR count). The van der Waals surface area contributed by atoms with Crippen LogP contribution in [-0.2, 0) is 57.5 Å². The van der Waals surface area contributed by atoms with Crippen molar-refractivity contribution < 1.29 is 62.6 Å². The molecule has 532 valence electrons. The van der Waals surface area contributed by atoms with E-state index in [2.05, 4.69) is 21.3 Å². The average molecular weight is 1320 g/mol. The minimum atomic E-state index is -1.67. The lowest BCUT2D eigenvalue weighted by Crippen LogP contribution is -2.64. The molecule has 0 spiro atoms. The molecule has 0 aromatic rings. The first-order valence-electron chi connectivity index (χ1n) is 33.6. The van der Waals surface area contributed by atoms with E-state index in [9.17, 15) is 29.1 Å². The van der Waals surface area contributed by atoms with Crippen LogP contribution in [0.5, 0.6) is 0 Å². The summed E-state index contributed by atoms with van der Waals surface area (Å²) in [5.74, 6) is -10.3. The van der Waals surface area contributed by atoms with Crippen molar-refractivity contribution in [3.63, 3.8) is 0 Å². The normalized spacial score (nSPS) is 27.7. The number of hydrogen-bond donors (Lipinski definition) is 5. The number of aliphatic hydroxyl groups excluding tert-OH is 1. The highest BCUT2D eigenvalue weighted by atomic mass is 16.5. The Bertz CT molecular complexity index is 2590. The molecule has 25 nitrogen and oxygen atoms in total. The van der Waals surface area contributed by atoms with E-state index in [4.69, 9.17) is 4.74 Å². The van der Waals surface area contributed by atoms with E-state index in [1.54, 1.807) is 54.5 Å². The molecule has 1 saturated carbocycles. The van der Waals surface area contributed by atoms with Crippen molar-refractivity contribution in [2.75, 3.05) is 70.0 Å². The molecule has 0 radical (unpaired) electrons. The van der Waals surface area contributed by atoms with Crippen molar-refractivity contribution in [3.8, 4) is 0 Å². The maximum atomic E-state index is 15.4. The molecule has 25 heteroatoms. The van der Waals surface area contributed by atoms with Crippen molar-refractivity contribution in [2.24, 2.45) is 41.4 Å². The fourth-order valence-corrected chi connectivity index (χ4v) is 12.0. The number of ether oxygens (including phenoxy) is 1. The first kappa shape index (κ1) is 82.9. The van der Waals surface area contributed by atoms with Crippen LogP contribution in [0.25, 0.3) is 0 Å². The summed E-state index contributed by atoms with van der Waals surface area (Å²) in [5.41, 5.74) is -0.473. The maximum Gasteiger partial charge on any atom is 0.273 e. The smallest absolute Gasteiger partial charge is 0.273 e. The zero-order valence-corrected chi connectivity index (χ0v) is 61.4. The molecular formula is C68H122N12O13. The second-order valence-electron chi connectivity index (χ2n) is 29.1. The molecule has 11 amide bonds. The number of nitrogens with one attached hydrogen (secondary N) is 4.